The molecule has 0 aliphatic carbocycles. The first-order valence-electron chi connectivity index (χ1n) is 6.68. The first kappa shape index (κ1) is 13.5. The molecule has 1 aromatic rings. The van der Waals surface area contributed by atoms with Crippen molar-refractivity contribution in [1.82, 2.24) is 0 Å². The number of benzene rings is 1. The van der Waals surface area contributed by atoms with E-state index in [2.05, 4.69) is 49.1 Å². The maximum Gasteiger partial charge on any atom is 0.165 e. The topological polar surface area (TPSA) is 20.1 Å². The van der Waals surface area contributed by atoms with E-state index >= 15 is 0 Å². The fourth-order valence-corrected chi connectivity index (χ4v) is 2.04. The molecule has 0 saturated heterocycles. The number of carbonyl (C=O) groups is 1. The minimum absolute atomic E-state index is 0.0784. The Morgan fingerprint density at radius 3 is 2.47 bits per heavy atom. The van der Waals surface area contributed by atoms with E-state index in [-0.39, 0.29) is 5.41 Å². The van der Waals surface area contributed by atoms with Crippen molar-refractivity contribution < 1.29 is 9.37 Å². The molecule has 0 N–H and O–H groups in total. The predicted molar refractivity (Wildman–Crippen MR) is 79.6 cm³/mol. The molecule has 0 fully saturated rings. The lowest BCUT2D eigenvalue weighted by Gasteiger charge is -2.20. The second-order valence-corrected chi connectivity index (χ2v) is 5.16. The first-order valence-corrected chi connectivity index (χ1v) is 6.68. The van der Waals surface area contributed by atoms with E-state index in [9.17, 15) is 4.79 Å². The number of aldehydes is 1. The fourth-order valence-electron chi connectivity index (χ4n) is 2.04. The van der Waals surface area contributed by atoms with Gasteiger partial charge in [0, 0.05) is 17.4 Å². The van der Waals surface area contributed by atoms with Crippen LogP contribution in [0.5, 0.6) is 0 Å². The maximum atomic E-state index is 10.6. The van der Waals surface area contributed by atoms with Gasteiger partial charge in [-0.2, -0.15) is 0 Å². The molecular formula is C17H20NO+. The lowest BCUT2D eigenvalue weighted by molar-refractivity contribution is -0.451. The van der Waals surface area contributed by atoms with Crippen LogP contribution in [0.2, 0.25) is 0 Å². The van der Waals surface area contributed by atoms with Crippen molar-refractivity contribution in [3.8, 4) is 0 Å². The molecule has 0 saturated carbocycles. The van der Waals surface area contributed by atoms with E-state index in [1.54, 1.807) is 0 Å². The summed E-state index contributed by atoms with van der Waals surface area (Å²) in [5, 5.41) is 0. The van der Waals surface area contributed by atoms with E-state index in [1.165, 1.54) is 0 Å². The highest BCUT2D eigenvalue weighted by Crippen LogP contribution is 2.27. The molecule has 2 rings (SSSR count). The molecule has 2 heteroatoms. The van der Waals surface area contributed by atoms with E-state index in [4.69, 9.17) is 0 Å². The average molecular weight is 254 g/mol. The molecule has 1 heterocycles. The van der Waals surface area contributed by atoms with Crippen LogP contribution in [-0.4, -0.2) is 23.6 Å². The monoisotopic (exact) mass is 254 g/mol. The third-order valence-corrected chi connectivity index (χ3v) is 3.51. The minimum atomic E-state index is 0.0784. The van der Waals surface area contributed by atoms with Gasteiger partial charge in [0.25, 0.3) is 0 Å². The number of allylic oxidation sites excluding steroid dienone is 2. The SMILES string of the molecule is CC[N+]1=CCC(C)(C=Cc2ccc(C=O)cc2)C=C1. The maximum absolute atomic E-state index is 10.6. The van der Waals surface area contributed by atoms with Crippen LogP contribution in [0.1, 0.15) is 36.2 Å². The van der Waals surface area contributed by atoms with Gasteiger partial charge < -0.3 is 0 Å². The molecular weight excluding hydrogens is 234 g/mol. The van der Waals surface area contributed by atoms with Crippen molar-refractivity contribution in [1.29, 1.82) is 0 Å². The largest absolute Gasteiger partial charge is 0.298 e. The molecule has 98 valence electrons. The Bertz CT molecular complexity index is 537. The second-order valence-electron chi connectivity index (χ2n) is 5.16. The van der Waals surface area contributed by atoms with Gasteiger partial charge in [0.1, 0.15) is 19.0 Å². The third-order valence-electron chi connectivity index (χ3n) is 3.51. The van der Waals surface area contributed by atoms with Crippen molar-refractivity contribution in [3.05, 3.63) is 53.7 Å². The van der Waals surface area contributed by atoms with Crippen molar-refractivity contribution >= 4 is 18.6 Å². The third kappa shape index (κ3) is 3.50. The number of hydrogen-bond donors (Lipinski definition) is 0. The van der Waals surface area contributed by atoms with Gasteiger partial charge in [0.15, 0.2) is 6.20 Å². The Labute approximate surface area is 114 Å². The Hall–Kier alpha value is -1.96. The zero-order valence-corrected chi connectivity index (χ0v) is 11.5. The van der Waals surface area contributed by atoms with Crippen LogP contribution < -0.4 is 0 Å². The first-order chi connectivity index (χ1) is 9.15. The summed E-state index contributed by atoms with van der Waals surface area (Å²) >= 11 is 0. The van der Waals surface area contributed by atoms with Gasteiger partial charge in [0.05, 0.1) is 0 Å². The van der Waals surface area contributed by atoms with Crippen LogP contribution in [0, 0.1) is 5.41 Å². The molecule has 1 aliphatic heterocycles. The Morgan fingerprint density at radius 2 is 1.95 bits per heavy atom. The highest BCUT2D eigenvalue weighted by atomic mass is 16.1. The molecule has 1 unspecified atom stereocenters. The number of nitrogens with zero attached hydrogens (tertiary/aromatic N) is 1. The fraction of sp³-hybridized carbons (Fsp3) is 0.294. The average Bonchev–Trinajstić information content (AvgIpc) is 2.47. The molecule has 19 heavy (non-hydrogen) atoms. The molecule has 0 radical (unpaired) electrons. The van der Waals surface area contributed by atoms with Crippen molar-refractivity contribution in [2.75, 3.05) is 6.54 Å². The molecule has 1 aliphatic rings. The zero-order chi connectivity index (χ0) is 13.7. The summed E-state index contributed by atoms with van der Waals surface area (Å²) in [5.74, 6) is 0. The molecule has 1 atom stereocenters. The van der Waals surface area contributed by atoms with Gasteiger partial charge in [-0.1, -0.05) is 43.3 Å². The molecule has 2 nitrogen and oxygen atoms in total. The van der Waals surface area contributed by atoms with E-state index in [0.717, 1.165) is 24.8 Å². The van der Waals surface area contributed by atoms with Gasteiger partial charge in [-0.05, 0) is 18.6 Å². The van der Waals surface area contributed by atoms with Crippen molar-refractivity contribution in [3.63, 3.8) is 0 Å². The van der Waals surface area contributed by atoms with Crippen LogP contribution in [-0.2, 0) is 0 Å². The quantitative estimate of drug-likeness (QED) is 0.594. The minimum Gasteiger partial charge on any atom is -0.298 e. The summed E-state index contributed by atoms with van der Waals surface area (Å²) in [6.07, 6.45) is 12.8. The van der Waals surface area contributed by atoms with Gasteiger partial charge in [0.2, 0.25) is 0 Å². The zero-order valence-electron chi connectivity index (χ0n) is 11.5. The van der Waals surface area contributed by atoms with Crippen molar-refractivity contribution in [2.24, 2.45) is 5.41 Å². The predicted octanol–water partition coefficient (Wildman–Crippen LogP) is 3.54. The Morgan fingerprint density at radius 1 is 1.26 bits per heavy atom. The Balaban J connectivity index is 2.08. The van der Waals surface area contributed by atoms with Crippen LogP contribution in [0.4, 0.5) is 0 Å². The van der Waals surface area contributed by atoms with Crippen LogP contribution in [0.3, 0.4) is 0 Å². The Kier molecular flexibility index (Phi) is 4.10. The van der Waals surface area contributed by atoms with Crippen LogP contribution in [0.25, 0.3) is 6.08 Å². The van der Waals surface area contributed by atoms with Crippen LogP contribution in [0.15, 0.2) is 42.6 Å². The summed E-state index contributed by atoms with van der Waals surface area (Å²) in [5.41, 5.74) is 1.92. The van der Waals surface area contributed by atoms with E-state index < -0.39 is 0 Å². The molecule has 1 aromatic carbocycles. The summed E-state index contributed by atoms with van der Waals surface area (Å²) < 4.78 is 2.20. The standard InChI is InChI=1S/C17H20NO/c1-3-18-12-10-17(2,11-13-18)9-8-15-4-6-16(14-19)7-5-15/h4-10,12-14H,3,11H2,1-2H3/q+1. The van der Waals surface area contributed by atoms with Gasteiger partial charge in [-0.25, -0.2) is 4.58 Å². The summed E-state index contributed by atoms with van der Waals surface area (Å²) in [7, 11) is 0. The molecule has 0 aromatic heterocycles. The molecule has 0 amide bonds. The summed E-state index contributed by atoms with van der Waals surface area (Å²) in [6.45, 7) is 5.39. The summed E-state index contributed by atoms with van der Waals surface area (Å²) in [4.78, 5) is 10.6. The lowest BCUT2D eigenvalue weighted by atomic mass is 9.85. The number of carbonyl (C=O) groups excluding carboxylic acids is 1. The molecule has 0 bridgehead atoms. The molecule has 0 spiro atoms. The number of hydrogen-bond acceptors (Lipinski definition) is 1. The normalized spacial score (nSPS) is 22.5. The van der Waals surface area contributed by atoms with E-state index in [0.29, 0.717) is 5.56 Å². The summed E-state index contributed by atoms with van der Waals surface area (Å²) in [6, 6.07) is 7.63. The highest BCUT2D eigenvalue weighted by molar-refractivity contribution is 5.75. The van der Waals surface area contributed by atoms with Gasteiger partial charge >= 0.3 is 0 Å². The van der Waals surface area contributed by atoms with Crippen LogP contribution >= 0.6 is 0 Å². The van der Waals surface area contributed by atoms with Gasteiger partial charge in [-0.15, -0.1) is 0 Å². The lowest BCUT2D eigenvalue weighted by Crippen LogP contribution is -2.20. The second kappa shape index (κ2) is 5.79. The highest BCUT2D eigenvalue weighted by Gasteiger charge is 2.22. The van der Waals surface area contributed by atoms with Crippen molar-refractivity contribution in [2.45, 2.75) is 20.3 Å². The van der Waals surface area contributed by atoms with Gasteiger partial charge in [-0.3, -0.25) is 4.79 Å². The van der Waals surface area contributed by atoms with E-state index in [1.807, 2.05) is 24.3 Å². The smallest absolute Gasteiger partial charge is 0.165 e. The number of rotatable bonds is 4.